The Morgan fingerprint density at radius 3 is 2.90 bits per heavy atom. The first kappa shape index (κ1) is 14.4. The fraction of sp³-hybridized carbons (Fsp3) is 0.467. The Morgan fingerprint density at radius 2 is 2.20 bits per heavy atom. The number of rotatable bonds is 4. The SMILES string of the molecule is Cc1c(N)cccc1C(=O)N1CCC(CCC(=O)O)C1. The van der Waals surface area contributed by atoms with Gasteiger partial charge in [0.25, 0.3) is 5.91 Å². The van der Waals surface area contributed by atoms with Gasteiger partial charge in [0.05, 0.1) is 0 Å². The summed E-state index contributed by atoms with van der Waals surface area (Å²) >= 11 is 0. The van der Waals surface area contributed by atoms with E-state index in [1.807, 2.05) is 6.92 Å². The second kappa shape index (κ2) is 5.94. The number of nitrogen functional groups attached to an aromatic ring is 1. The summed E-state index contributed by atoms with van der Waals surface area (Å²) in [7, 11) is 0. The fourth-order valence-electron chi connectivity index (χ4n) is 2.64. The molecule has 1 heterocycles. The van der Waals surface area contributed by atoms with Crippen LogP contribution >= 0.6 is 0 Å². The zero-order chi connectivity index (χ0) is 14.7. The number of likely N-dealkylation sites (tertiary alicyclic amines) is 1. The predicted octanol–water partition coefficient (Wildman–Crippen LogP) is 1.90. The number of carboxylic acids is 1. The lowest BCUT2D eigenvalue weighted by Gasteiger charge is -2.18. The van der Waals surface area contributed by atoms with Crippen LogP contribution < -0.4 is 5.73 Å². The van der Waals surface area contributed by atoms with Gasteiger partial charge in [0.1, 0.15) is 0 Å². The van der Waals surface area contributed by atoms with Crippen molar-refractivity contribution >= 4 is 17.6 Å². The van der Waals surface area contributed by atoms with Gasteiger partial charge in [-0.2, -0.15) is 0 Å². The highest BCUT2D eigenvalue weighted by atomic mass is 16.4. The largest absolute Gasteiger partial charge is 0.481 e. The van der Waals surface area contributed by atoms with Crippen molar-refractivity contribution in [1.82, 2.24) is 4.90 Å². The van der Waals surface area contributed by atoms with Crippen LogP contribution in [0.25, 0.3) is 0 Å². The van der Waals surface area contributed by atoms with E-state index in [4.69, 9.17) is 10.8 Å². The van der Waals surface area contributed by atoms with Crippen molar-refractivity contribution in [2.45, 2.75) is 26.2 Å². The second-order valence-electron chi connectivity index (χ2n) is 5.36. The van der Waals surface area contributed by atoms with Crippen LogP contribution in [-0.4, -0.2) is 35.0 Å². The molecule has 1 aliphatic heterocycles. The molecule has 3 N–H and O–H groups in total. The molecule has 0 aromatic heterocycles. The molecule has 1 fully saturated rings. The third-order valence-corrected chi connectivity index (χ3v) is 3.95. The highest BCUT2D eigenvalue weighted by Gasteiger charge is 2.28. The van der Waals surface area contributed by atoms with Crippen molar-refractivity contribution in [2.75, 3.05) is 18.8 Å². The van der Waals surface area contributed by atoms with Crippen LogP contribution in [0.1, 0.15) is 35.2 Å². The summed E-state index contributed by atoms with van der Waals surface area (Å²) in [6, 6.07) is 5.36. The normalized spacial score (nSPS) is 18.2. The first-order valence-corrected chi connectivity index (χ1v) is 6.85. The molecule has 2 rings (SSSR count). The van der Waals surface area contributed by atoms with E-state index in [2.05, 4.69) is 0 Å². The summed E-state index contributed by atoms with van der Waals surface area (Å²) in [6.07, 6.45) is 1.68. The average molecular weight is 276 g/mol. The van der Waals surface area contributed by atoms with Gasteiger partial charge in [-0.05, 0) is 43.4 Å². The highest BCUT2D eigenvalue weighted by molar-refractivity contribution is 5.97. The fourth-order valence-corrected chi connectivity index (χ4v) is 2.64. The lowest BCUT2D eigenvalue weighted by Crippen LogP contribution is -2.29. The third-order valence-electron chi connectivity index (χ3n) is 3.95. The van der Waals surface area contributed by atoms with E-state index in [-0.39, 0.29) is 18.2 Å². The molecule has 0 aliphatic carbocycles. The van der Waals surface area contributed by atoms with Crippen LogP contribution in [0.4, 0.5) is 5.69 Å². The molecule has 0 bridgehead atoms. The Labute approximate surface area is 118 Å². The number of benzene rings is 1. The molecule has 108 valence electrons. The number of amides is 1. The maximum Gasteiger partial charge on any atom is 0.303 e. The molecule has 1 aromatic carbocycles. The summed E-state index contributed by atoms with van der Waals surface area (Å²) in [4.78, 5) is 24.8. The summed E-state index contributed by atoms with van der Waals surface area (Å²) in [6.45, 7) is 3.18. The van der Waals surface area contributed by atoms with Gasteiger partial charge in [-0.25, -0.2) is 0 Å². The van der Waals surface area contributed by atoms with Crippen molar-refractivity contribution in [2.24, 2.45) is 5.92 Å². The van der Waals surface area contributed by atoms with Crippen molar-refractivity contribution in [1.29, 1.82) is 0 Å². The number of anilines is 1. The highest BCUT2D eigenvalue weighted by Crippen LogP contribution is 2.24. The van der Waals surface area contributed by atoms with Gasteiger partial charge >= 0.3 is 5.97 Å². The van der Waals surface area contributed by atoms with Crippen LogP contribution in [0.15, 0.2) is 18.2 Å². The van der Waals surface area contributed by atoms with Gasteiger partial charge in [0.15, 0.2) is 0 Å². The minimum atomic E-state index is -0.776. The Kier molecular flexibility index (Phi) is 4.27. The molecule has 5 nitrogen and oxygen atoms in total. The quantitative estimate of drug-likeness (QED) is 0.823. The van der Waals surface area contributed by atoms with Crippen LogP contribution in [0.5, 0.6) is 0 Å². The van der Waals surface area contributed by atoms with Gasteiger partial charge in [-0.15, -0.1) is 0 Å². The summed E-state index contributed by atoms with van der Waals surface area (Å²) < 4.78 is 0. The number of nitrogens with two attached hydrogens (primary N) is 1. The van der Waals surface area contributed by atoms with Gasteiger partial charge in [0.2, 0.25) is 0 Å². The molecule has 0 saturated carbocycles. The van der Waals surface area contributed by atoms with Crippen LogP contribution in [0.2, 0.25) is 0 Å². The molecule has 0 spiro atoms. The Morgan fingerprint density at radius 1 is 1.45 bits per heavy atom. The van der Waals surface area contributed by atoms with Gasteiger partial charge in [0, 0.05) is 30.8 Å². The molecular formula is C15H20N2O3. The minimum absolute atomic E-state index is 0.00683. The van der Waals surface area contributed by atoms with E-state index >= 15 is 0 Å². The molecule has 0 radical (unpaired) electrons. The molecule has 1 saturated heterocycles. The average Bonchev–Trinajstić information content (AvgIpc) is 2.87. The smallest absolute Gasteiger partial charge is 0.303 e. The molecule has 1 aromatic rings. The predicted molar refractivity (Wildman–Crippen MR) is 76.5 cm³/mol. The Balaban J connectivity index is 2.01. The number of carboxylic acid groups (broad SMARTS) is 1. The first-order chi connectivity index (χ1) is 9.49. The van der Waals surface area contributed by atoms with E-state index in [0.29, 0.717) is 30.8 Å². The molecule has 20 heavy (non-hydrogen) atoms. The minimum Gasteiger partial charge on any atom is -0.481 e. The van der Waals surface area contributed by atoms with E-state index in [0.717, 1.165) is 12.0 Å². The zero-order valence-corrected chi connectivity index (χ0v) is 11.6. The molecular weight excluding hydrogens is 256 g/mol. The van der Waals surface area contributed by atoms with Gasteiger partial charge < -0.3 is 15.7 Å². The summed E-state index contributed by atoms with van der Waals surface area (Å²) in [5.41, 5.74) is 7.91. The molecule has 1 aliphatic rings. The molecule has 1 unspecified atom stereocenters. The maximum atomic E-state index is 12.5. The third kappa shape index (κ3) is 3.10. The van der Waals surface area contributed by atoms with Crippen molar-refractivity contribution in [3.63, 3.8) is 0 Å². The van der Waals surface area contributed by atoms with E-state index in [1.54, 1.807) is 23.1 Å². The summed E-state index contributed by atoms with van der Waals surface area (Å²) in [5.74, 6) is -0.495. The van der Waals surface area contributed by atoms with Gasteiger partial charge in [-0.1, -0.05) is 6.07 Å². The van der Waals surface area contributed by atoms with Crippen LogP contribution in [0, 0.1) is 12.8 Å². The van der Waals surface area contributed by atoms with Gasteiger partial charge in [-0.3, -0.25) is 9.59 Å². The monoisotopic (exact) mass is 276 g/mol. The topological polar surface area (TPSA) is 83.6 Å². The first-order valence-electron chi connectivity index (χ1n) is 6.85. The summed E-state index contributed by atoms with van der Waals surface area (Å²) in [5, 5.41) is 8.70. The van der Waals surface area contributed by atoms with E-state index in [9.17, 15) is 9.59 Å². The number of aliphatic carboxylic acids is 1. The molecule has 1 amide bonds. The van der Waals surface area contributed by atoms with Crippen molar-refractivity contribution in [3.05, 3.63) is 29.3 Å². The number of nitrogens with zero attached hydrogens (tertiary/aromatic N) is 1. The van der Waals surface area contributed by atoms with Crippen molar-refractivity contribution < 1.29 is 14.7 Å². The number of carbonyl (C=O) groups is 2. The maximum absolute atomic E-state index is 12.5. The van der Waals surface area contributed by atoms with E-state index in [1.165, 1.54) is 0 Å². The van der Waals surface area contributed by atoms with Crippen LogP contribution in [-0.2, 0) is 4.79 Å². The number of hydrogen-bond donors (Lipinski definition) is 2. The molecule has 5 heteroatoms. The molecule has 1 atom stereocenters. The van der Waals surface area contributed by atoms with Crippen LogP contribution in [0.3, 0.4) is 0 Å². The number of hydrogen-bond acceptors (Lipinski definition) is 3. The van der Waals surface area contributed by atoms with Crippen molar-refractivity contribution in [3.8, 4) is 0 Å². The number of carbonyl (C=O) groups excluding carboxylic acids is 1. The second-order valence-corrected chi connectivity index (χ2v) is 5.36. The standard InChI is InChI=1S/C15H20N2O3/c1-10-12(3-2-4-13(10)16)15(20)17-8-7-11(9-17)5-6-14(18)19/h2-4,11H,5-9,16H2,1H3,(H,18,19). The Bertz CT molecular complexity index is 528. The lowest BCUT2D eigenvalue weighted by atomic mass is 10.0. The van der Waals surface area contributed by atoms with E-state index < -0.39 is 5.97 Å². The Hall–Kier alpha value is -2.04. The lowest BCUT2D eigenvalue weighted by molar-refractivity contribution is -0.137. The zero-order valence-electron chi connectivity index (χ0n) is 11.6.